The van der Waals surface area contributed by atoms with Crippen LogP contribution in [0.4, 0.5) is 4.79 Å². The first-order chi connectivity index (χ1) is 4.29. The predicted octanol–water partition coefficient (Wildman–Crippen LogP) is -0.640. The molecule has 1 unspecified atom stereocenters. The highest BCUT2D eigenvalue weighted by molar-refractivity contribution is 5.61. The summed E-state index contributed by atoms with van der Waals surface area (Å²) in [5, 5.41) is 0. The maximum atomic E-state index is 10.0. The molecule has 0 aromatic heterocycles. The van der Waals surface area contributed by atoms with Gasteiger partial charge in [-0.15, -0.1) is 0 Å². The van der Waals surface area contributed by atoms with Gasteiger partial charge in [-0.2, -0.15) is 0 Å². The topological polar surface area (TPSA) is 87.6 Å². The van der Waals surface area contributed by atoms with Gasteiger partial charge in [0.2, 0.25) is 0 Å². The summed E-state index contributed by atoms with van der Waals surface area (Å²) in [4.78, 5) is 10.0. The molecule has 1 aliphatic rings. The Bertz CT molecular complexity index is 95.8. The van der Waals surface area contributed by atoms with Gasteiger partial charge in [0, 0.05) is 0 Å². The van der Waals surface area contributed by atoms with Crippen LogP contribution >= 0.6 is 0 Å². The molecule has 9 heavy (non-hydrogen) atoms. The molecule has 5 heteroatoms. The van der Waals surface area contributed by atoms with Crippen molar-refractivity contribution in [2.75, 3.05) is 6.61 Å². The fraction of sp³-hybridized carbons (Fsp3) is 0.750. The fourth-order valence-corrected chi connectivity index (χ4v) is 0.418. The molecule has 0 saturated carbocycles. The van der Waals surface area contributed by atoms with Crippen LogP contribution in [0.5, 0.6) is 0 Å². The number of carbonyl (C=O) groups excluding carboxylic acids is 1. The second kappa shape index (κ2) is 4.11. The van der Waals surface area contributed by atoms with Crippen LogP contribution in [0.15, 0.2) is 0 Å². The van der Waals surface area contributed by atoms with E-state index >= 15 is 0 Å². The van der Waals surface area contributed by atoms with Crippen molar-refractivity contribution in [1.82, 2.24) is 0 Å². The Morgan fingerprint density at radius 2 is 2.22 bits per heavy atom. The minimum Gasteiger partial charge on any atom is -0.430 e. The van der Waals surface area contributed by atoms with Crippen molar-refractivity contribution in [1.29, 1.82) is 0 Å². The molecule has 5 nitrogen and oxygen atoms in total. The Morgan fingerprint density at radius 3 is 2.33 bits per heavy atom. The first-order valence-corrected chi connectivity index (χ1v) is 2.46. The number of hydrazine groups is 1. The number of hydrogen-bond acceptors (Lipinski definition) is 5. The van der Waals surface area contributed by atoms with Crippen LogP contribution < -0.4 is 11.7 Å². The van der Waals surface area contributed by atoms with Gasteiger partial charge in [-0.25, -0.2) is 4.79 Å². The van der Waals surface area contributed by atoms with Crippen molar-refractivity contribution < 1.29 is 14.3 Å². The molecule has 1 aliphatic heterocycles. The summed E-state index contributed by atoms with van der Waals surface area (Å²) in [7, 11) is 0. The van der Waals surface area contributed by atoms with Gasteiger partial charge >= 0.3 is 6.16 Å². The molecule has 1 rings (SSSR count). The fourth-order valence-electron chi connectivity index (χ4n) is 0.418. The predicted molar refractivity (Wildman–Crippen MR) is 30.3 cm³/mol. The van der Waals surface area contributed by atoms with E-state index in [1.807, 2.05) is 0 Å². The molecule has 0 spiro atoms. The van der Waals surface area contributed by atoms with Gasteiger partial charge in [0.15, 0.2) is 0 Å². The van der Waals surface area contributed by atoms with Crippen molar-refractivity contribution in [3.8, 4) is 0 Å². The van der Waals surface area contributed by atoms with E-state index < -0.39 is 6.16 Å². The summed E-state index contributed by atoms with van der Waals surface area (Å²) < 4.78 is 8.90. The molecular formula is C4H10N2O3. The standard InChI is InChI=1S/C4H6O3.H4N2/c1-3-2-6-4(5)7-3;1-2/h3H,2H2,1H3;1-2H2. The number of rotatable bonds is 0. The number of carbonyl (C=O) groups is 1. The maximum absolute atomic E-state index is 10.0. The van der Waals surface area contributed by atoms with Crippen molar-refractivity contribution >= 4 is 6.16 Å². The van der Waals surface area contributed by atoms with Crippen molar-refractivity contribution in [2.45, 2.75) is 13.0 Å². The van der Waals surface area contributed by atoms with Gasteiger partial charge in [-0.3, -0.25) is 11.7 Å². The monoisotopic (exact) mass is 134 g/mol. The molecule has 1 fully saturated rings. The second-order valence-electron chi connectivity index (χ2n) is 1.49. The summed E-state index contributed by atoms with van der Waals surface area (Å²) in [5.74, 6) is 8.00. The van der Waals surface area contributed by atoms with Crippen LogP contribution in [0.3, 0.4) is 0 Å². The summed E-state index contributed by atoms with van der Waals surface area (Å²) in [5.41, 5.74) is 0. The molecule has 4 N–H and O–H groups in total. The number of ether oxygens (including phenoxy) is 2. The van der Waals surface area contributed by atoms with E-state index in [1.54, 1.807) is 6.92 Å². The van der Waals surface area contributed by atoms with Gasteiger partial charge in [-0.1, -0.05) is 0 Å². The Labute approximate surface area is 52.9 Å². The van der Waals surface area contributed by atoms with E-state index in [4.69, 9.17) is 0 Å². The molecule has 0 radical (unpaired) electrons. The van der Waals surface area contributed by atoms with Crippen molar-refractivity contribution in [2.24, 2.45) is 11.7 Å². The van der Waals surface area contributed by atoms with E-state index in [1.165, 1.54) is 0 Å². The van der Waals surface area contributed by atoms with Crippen LogP contribution in [0.25, 0.3) is 0 Å². The van der Waals surface area contributed by atoms with Crippen LogP contribution in [0, 0.1) is 0 Å². The van der Waals surface area contributed by atoms with E-state index in [0.29, 0.717) is 6.61 Å². The lowest BCUT2D eigenvalue weighted by molar-refractivity contribution is 0.121. The quantitative estimate of drug-likeness (QED) is 0.261. The van der Waals surface area contributed by atoms with E-state index in [9.17, 15) is 4.79 Å². The van der Waals surface area contributed by atoms with E-state index in [-0.39, 0.29) is 6.10 Å². The van der Waals surface area contributed by atoms with Crippen LogP contribution in [-0.4, -0.2) is 18.9 Å². The van der Waals surface area contributed by atoms with Gasteiger partial charge < -0.3 is 9.47 Å². The highest BCUT2D eigenvalue weighted by atomic mass is 16.8. The molecule has 0 aromatic rings. The van der Waals surface area contributed by atoms with Gasteiger partial charge in [-0.05, 0) is 6.92 Å². The summed E-state index contributed by atoms with van der Waals surface area (Å²) in [6, 6.07) is 0. The Kier molecular flexibility index (Phi) is 3.74. The molecule has 1 atom stereocenters. The van der Waals surface area contributed by atoms with Crippen LogP contribution in [0.2, 0.25) is 0 Å². The van der Waals surface area contributed by atoms with Gasteiger partial charge in [0.25, 0.3) is 0 Å². The second-order valence-corrected chi connectivity index (χ2v) is 1.49. The Morgan fingerprint density at radius 1 is 1.67 bits per heavy atom. The third-order valence-corrected chi connectivity index (χ3v) is 0.733. The van der Waals surface area contributed by atoms with Crippen LogP contribution in [-0.2, 0) is 9.47 Å². The molecule has 0 bridgehead atoms. The minimum absolute atomic E-state index is 0.0486. The third kappa shape index (κ3) is 2.89. The lowest BCUT2D eigenvalue weighted by Crippen LogP contribution is -2.02. The Balaban J connectivity index is 0.000000291. The van der Waals surface area contributed by atoms with Crippen LogP contribution in [0.1, 0.15) is 6.92 Å². The first-order valence-electron chi connectivity index (χ1n) is 2.46. The average molecular weight is 134 g/mol. The summed E-state index contributed by atoms with van der Waals surface area (Å²) in [6.07, 6.45) is -0.597. The van der Waals surface area contributed by atoms with Gasteiger partial charge in [0.05, 0.1) is 0 Å². The molecule has 54 valence electrons. The normalized spacial score (nSPS) is 23.4. The molecule has 0 aliphatic carbocycles. The number of cyclic esters (lactones) is 2. The maximum Gasteiger partial charge on any atom is 0.508 e. The van der Waals surface area contributed by atoms with Crippen molar-refractivity contribution in [3.63, 3.8) is 0 Å². The molecular weight excluding hydrogens is 124 g/mol. The molecule has 0 aromatic carbocycles. The first kappa shape index (κ1) is 8.19. The highest BCUT2D eigenvalue weighted by Gasteiger charge is 2.19. The average Bonchev–Trinajstić information content (AvgIpc) is 2.20. The lowest BCUT2D eigenvalue weighted by Gasteiger charge is -1.90. The highest BCUT2D eigenvalue weighted by Crippen LogP contribution is 2.02. The zero-order chi connectivity index (χ0) is 7.28. The van der Waals surface area contributed by atoms with Crippen molar-refractivity contribution in [3.05, 3.63) is 0 Å². The SMILES string of the molecule is CC1COC(=O)O1.NN. The lowest BCUT2D eigenvalue weighted by atomic mass is 10.5. The largest absolute Gasteiger partial charge is 0.508 e. The zero-order valence-corrected chi connectivity index (χ0v) is 5.16. The van der Waals surface area contributed by atoms with E-state index in [0.717, 1.165) is 0 Å². The third-order valence-electron chi connectivity index (χ3n) is 0.733. The number of hydrogen-bond donors (Lipinski definition) is 2. The summed E-state index contributed by atoms with van der Waals surface area (Å²) in [6.45, 7) is 2.18. The van der Waals surface area contributed by atoms with E-state index in [2.05, 4.69) is 21.2 Å². The molecule has 0 amide bonds. The zero-order valence-electron chi connectivity index (χ0n) is 5.16. The smallest absolute Gasteiger partial charge is 0.430 e. The molecule has 1 heterocycles. The molecule has 1 saturated heterocycles. The van der Waals surface area contributed by atoms with Gasteiger partial charge in [0.1, 0.15) is 12.7 Å². The minimum atomic E-state index is -0.549. The number of nitrogens with two attached hydrogens (primary N) is 2. The Hall–Kier alpha value is -0.810. The summed E-state index contributed by atoms with van der Waals surface area (Å²) >= 11 is 0.